The molecule has 6 heteroatoms. The van der Waals surface area contributed by atoms with Gasteiger partial charge in [0.15, 0.2) is 5.16 Å². The van der Waals surface area contributed by atoms with Crippen LogP contribution in [0, 0.1) is 11.3 Å². The lowest BCUT2D eigenvalue weighted by Gasteiger charge is -2.16. The highest BCUT2D eigenvalue weighted by molar-refractivity contribution is 7.98. The van der Waals surface area contributed by atoms with E-state index in [9.17, 15) is 10.1 Å². The average molecular weight is 312 g/mol. The van der Waals surface area contributed by atoms with E-state index in [0.29, 0.717) is 10.9 Å². The predicted molar refractivity (Wildman–Crippen MR) is 88.4 cm³/mol. The zero-order chi connectivity index (χ0) is 15.7. The van der Waals surface area contributed by atoms with Gasteiger partial charge in [0.2, 0.25) is 0 Å². The monoisotopic (exact) mass is 312 g/mol. The predicted octanol–water partition coefficient (Wildman–Crippen LogP) is 2.41. The molecule has 2 heterocycles. The number of nitriles is 1. The van der Waals surface area contributed by atoms with Gasteiger partial charge in [0.25, 0.3) is 5.56 Å². The molecule has 22 heavy (non-hydrogen) atoms. The van der Waals surface area contributed by atoms with Gasteiger partial charge in [-0.2, -0.15) is 5.26 Å². The lowest BCUT2D eigenvalue weighted by Crippen LogP contribution is -2.19. The van der Waals surface area contributed by atoms with Crippen LogP contribution in [-0.4, -0.2) is 29.3 Å². The number of fused-ring (bicyclic) bond motifs is 1. The Hall–Kier alpha value is -2.26. The Kier molecular flexibility index (Phi) is 3.90. The minimum atomic E-state index is -0.382. The van der Waals surface area contributed by atoms with Gasteiger partial charge in [-0.25, -0.2) is 4.98 Å². The first kappa shape index (κ1) is 14.7. The Morgan fingerprint density at radius 1 is 1.50 bits per heavy atom. The van der Waals surface area contributed by atoms with Gasteiger partial charge in [0.05, 0.1) is 5.69 Å². The number of hydrogen-bond donors (Lipinski definition) is 1. The number of anilines is 1. The summed E-state index contributed by atoms with van der Waals surface area (Å²) in [6.45, 7) is 4.13. The van der Waals surface area contributed by atoms with E-state index >= 15 is 0 Å². The van der Waals surface area contributed by atoms with Crippen molar-refractivity contribution < 1.29 is 0 Å². The molecule has 2 aromatic rings. The second kappa shape index (κ2) is 5.85. The lowest BCUT2D eigenvalue weighted by molar-refractivity contribution is 0.868. The van der Waals surface area contributed by atoms with Crippen LogP contribution < -0.4 is 10.5 Å². The molecule has 112 valence electrons. The van der Waals surface area contributed by atoms with Gasteiger partial charge < -0.3 is 9.88 Å². The van der Waals surface area contributed by atoms with Gasteiger partial charge in [-0.1, -0.05) is 17.8 Å². The van der Waals surface area contributed by atoms with Crippen molar-refractivity contribution in [2.24, 2.45) is 0 Å². The third-order valence-electron chi connectivity index (χ3n) is 3.93. The largest absolute Gasteiger partial charge is 0.371 e. The van der Waals surface area contributed by atoms with Crippen LogP contribution in [0.3, 0.4) is 0 Å². The maximum Gasteiger partial charge on any atom is 0.270 e. The van der Waals surface area contributed by atoms with Crippen LogP contribution in [-0.2, 0) is 6.42 Å². The Balaban J connectivity index is 2.15. The number of hydrogen-bond acceptors (Lipinski definition) is 5. The summed E-state index contributed by atoms with van der Waals surface area (Å²) in [5.41, 5.74) is 3.47. The Morgan fingerprint density at radius 2 is 2.32 bits per heavy atom. The molecule has 0 aliphatic carbocycles. The zero-order valence-electron chi connectivity index (χ0n) is 12.5. The van der Waals surface area contributed by atoms with Crippen LogP contribution in [0.15, 0.2) is 28.2 Å². The Bertz CT molecular complexity index is 822. The van der Waals surface area contributed by atoms with Crippen molar-refractivity contribution >= 4 is 17.4 Å². The van der Waals surface area contributed by atoms with E-state index in [-0.39, 0.29) is 11.1 Å². The third-order valence-corrected chi connectivity index (χ3v) is 4.51. The van der Waals surface area contributed by atoms with Crippen molar-refractivity contribution in [3.8, 4) is 17.3 Å². The molecule has 0 saturated heterocycles. The first-order valence-electron chi connectivity index (χ1n) is 7.14. The molecule has 1 aliphatic heterocycles. The van der Waals surface area contributed by atoms with Crippen LogP contribution in [0.1, 0.15) is 18.1 Å². The third kappa shape index (κ3) is 2.38. The van der Waals surface area contributed by atoms with Crippen LogP contribution in [0.5, 0.6) is 0 Å². The van der Waals surface area contributed by atoms with Crippen LogP contribution in [0.4, 0.5) is 5.69 Å². The highest BCUT2D eigenvalue weighted by atomic mass is 32.2. The number of thioether (sulfide) groups is 1. The maximum atomic E-state index is 12.0. The summed E-state index contributed by atoms with van der Waals surface area (Å²) in [5, 5.41) is 9.80. The van der Waals surface area contributed by atoms with Gasteiger partial charge in [-0.3, -0.25) is 4.79 Å². The molecule has 0 radical (unpaired) electrons. The van der Waals surface area contributed by atoms with E-state index in [4.69, 9.17) is 0 Å². The molecule has 1 N–H and O–H groups in total. The van der Waals surface area contributed by atoms with E-state index in [1.807, 2.05) is 18.4 Å². The number of nitrogens with one attached hydrogen (secondary N) is 1. The fourth-order valence-corrected chi connectivity index (χ4v) is 3.19. The molecule has 3 rings (SSSR count). The number of nitrogens with zero attached hydrogens (tertiary/aromatic N) is 3. The van der Waals surface area contributed by atoms with Gasteiger partial charge in [0, 0.05) is 24.3 Å². The summed E-state index contributed by atoms with van der Waals surface area (Å²) in [7, 11) is 0. The maximum absolute atomic E-state index is 12.0. The molecule has 0 atom stereocenters. The fraction of sp³-hybridized carbons (Fsp3) is 0.312. The minimum absolute atomic E-state index is 0.0723. The second-order valence-electron chi connectivity index (χ2n) is 5.08. The van der Waals surface area contributed by atoms with Crippen molar-refractivity contribution in [3.63, 3.8) is 0 Å². The lowest BCUT2D eigenvalue weighted by atomic mass is 10.0. The molecule has 0 unspecified atom stereocenters. The molecule has 5 nitrogen and oxygen atoms in total. The van der Waals surface area contributed by atoms with Crippen LogP contribution in [0.25, 0.3) is 11.3 Å². The van der Waals surface area contributed by atoms with E-state index < -0.39 is 0 Å². The number of aromatic amines is 1. The topological polar surface area (TPSA) is 72.8 Å². The summed E-state index contributed by atoms with van der Waals surface area (Å²) < 4.78 is 0. The van der Waals surface area contributed by atoms with E-state index in [1.165, 1.54) is 23.0 Å². The summed E-state index contributed by atoms with van der Waals surface area (Å²) in [6, 6.07) is 8.03. The van der Waals surface area contributed by atoms with Gasteiger partial charge in [-0.15, -0.1) is 0 Å². The summed E-state index contributed by atoms with van der Waals surface area (Å²) in [4.78, 5) is 21.4. The fourth-order valence-electron chi connectivity index (χ4n) is 2.81. The van der Waals surface area contributed by atoms with Gasteiger partial charge in [0.1, 0.15) is 11.6 Å². The molecule has 0 bridgehead atoms. The first-order valence-corrected chi connectivity index (χ1v) is 8.37. The SMILES string of the molecule is CCN1CCc2cc(-c3nc(SC)[nH]c(=O)c3C#N)ccc21. The van der Waals surface area contributed by atoms with Crippen molar-refractivity contribution in [3.05, 3.63) is 39.7 Å². The first-order chi connectivity index (χ1) is 10.7. The molecule has 0 saturated carbocycles. The van der Waals surface area contributed by atoms with Crippen molar-refractivity contribution in [1.82, 2.24) is 9.97 Å². The van der Waals surface area contributed by atoms with E-state index in [1.54, 1.807) is 0 Å². The highest BCUT2D eigenvalue weighted by Gasteiger charge is 2.20. The normalized spacial score (nSPS) is 13.0. The molecule has 1 aliphatic rings. The summed E-state index contributed by atoms with van der Waals surface area (Å²) in [6.07, 6.45) is 2.83. The molecular weight excluding hydrogens is 296 g/mol. The van der Waals surface area contributed by atoms with Crippen LogP contribution >= 0.6 is 11.8 Å². The summed E-state index contributed by atoms with van der Waals surface area (Å²) in [5.74, 6) is 0. The molecule has 0 fully saturated rings. The highest BCUT2D eigenvalue weighted by Crippen LogP contribution is 2.32. The molecule has 0 spiro atoms. The smallest absolute Gasteiger partial charge is 0.270 e. The molecule has 0 amide bonds. The number of benzene rings is 1. The second-order valence-corrected chi connectivity index (χ2v) is 5.88. The number of likely N-dealkylation sites (N-methyl/N-ethyl adjacent to an activating group) is 1. The van der Waals surface area contributed by atoms with Crippen molar-refractivity contribution in [2.45, 2.75) is 18.5 Å². The quantitative estimate of drug-likeness (QED) is 0.696. The van der Waals surface area contributed by atoms with Crippen LogP contribution in [0.2, 0.25) is 0 Å². The standard InChI is InChI=1S/C16H16N4OS/c1-3-20-7-6-10-8-11(4-5-13(10)20)14-12(9-17)15(21)19-16(18-14)22-2/h4-5,8H,3,6-7H2,1-2H3,(H,18,19,21). The van der Waals surface area contributed by atoms with Crippen molar-refractivity contribution in [2.75, 3.05) is 24.2 Å². The number of rotatable bonds is 3. The van der Waals surface area contributed by atoms with Crippen molar-refractivity contribution in [1.29, 1.82) is 5.26 Å². The Labute approximate surface area is 133 Å². The zero-order valence-corrected chi connectivity index (χ0v) is 13.3. The molecular formula is C16H16N4OS. The van der Waals surface area contributed by atoms with Gasteiger partial charge in [-0.05, 0) is 37.3 Å². The Morgan fingerprint density at radius 3 is 3.00 bits per heavy atom. The van der Waals surface area contributed by atoms with E-state index in [0.717, 1.165) is 25.1 Å². The minimum Gasteiger partial charge on any atom is -0.371 e. The van der Waals surface area contributed by atoms with Gasteiger partial charge >= 0.3 is 0 Å². The van der Waals surface area contributed by atoms with E-state index in [2.05, 4.69) is 33.9 Å². The average Bonchev–Trinajstić information content (AvgIpc) is 2.96. The summed E-state index contributed by atoms with van der Waals surface area (Å²) >= 11 is 1.36. The number of H-pyrrole nitrogens is 1. The number of aromatic nitrogens is 2. The molecule has 1 aromatic carbocycles. The molecule has 1 aromatic heterocycles.